The molecule has 0 unspecified atom stereocenters. The second-order valence-corrected chi connectivity index (χ2v) is 4.69. The Kier molecular flexibility index (Phi) is 4.26. The molecular formula is C12H9BrF2N4O. The van der Waals surface area contributed by atoms with E-state index in [1.54, 1.807) is 0 Å². The monoisotopic (exact) mass is 342 g/mol. The van der Waals surface area contributed by atoms with E-state index in [4.69, 9.17) is 5.84 Å². The molecule has 4 N–H and O–H groups in total. The smallest absolute Gasteiger partial charge is 0.259 e. The van der Waals surface area contributed by atoms with Crippen LogP contribution in [-0.2, 0) is 0 Å². The van der Waals surface area contributed by atoms with Crippen LogP contribution in [0.1, 0.15) is 10.4 Å². The Bertz CT molecular complexity index is 666. The maximum Gasteiger partial charge on any atom is 0.259 e. The molecule has 0 aliphatic carbocycles. The van der Waals surface area contributed by atoms with E-state index in [0.717, 1.165) is 12.1 Å². The zero-order valence-corrected chi connectivity index (χ0v) is 11.5. The normalized spacial score (nSPS) is 10.2. The molecule has 2 aromatic rings. The van der Waals surface area contributed by atoms with Crippen LogP contribution in [0.15, 0.2) is 34.9 Å². The number of amides is 1. The lowest BCUT2D eigenvalue weighted by molar-refractivity contribution is 0.102. The van der Waals surface area contributed by atoms with Crippen molar-refractivity contribution in [2.24, 2.45) is 5.84 Å². The molecule has 1 heterocycles. The highest BCUT2D eigenvalue weighted by atomic mass is 79.9. The molecule has 0 radical (unpaired) electrons. The van der Waals surface area contributed by atoms with Gasteiger partial charge in [0.1, 0.15) is 0 Å². The molecule has 104 valence electrons. The summed E-state index contributed by atoms with van der Waals surface area (Å²) in [6, 6.07) is 4.55. The third-order valence-corrected chi connectivity index (χ3v) is 2.85. The van der Waals surface area contributed by atoms with Crippen LogP contribution < -0.4 is 16.6 Å². The topological polar surface area (TPSA) is 80.0 Å². The minimum absolute atomic E-state index is 0.122. The van der Waals surface area contributed by atoms with Gasteiger partial charge in [-0.15, -0.1) is 0 Å². The van der Waals surface area contributed by atoms with Crippen molar-refractivity contribution in [3.8, 4) is 0 Å². The molecule has 0 bridgehead atoms. The number of anilines is 2. The summed E-state index contributed by atoms with van der Waals surface area (Å²) in [4.78, 5) is 16.0. The fraction of sp³-hybridized carbons (Fsp3) is 0. The zero-order chi connectivity index (χ0) is 14.7. The maximum atomic E-state index is 13.1. The maximum absolute atomic E-state index is 13.1. The predicted octanol–water partition coefficient (Wildman–Crippen LogP) is 2.66. The number of halogens is 3. The van der Waals surface area contributed by atoms with E-state index >= 15 is 0 Å². The first-order valence-electron chi connectivity index (χ1n) is 5.40. The van der Waals surface area contributed by atoms with Crippen LogP contribution in [0, 0.1) is 11.6 Å². The number of aromatic nitrogens is 1. The summed E-state index contributed by atoms with van der Waals surface area (Å²) in [7, 11) is 0. The van der Waals surface area contributed by atoms with Crippen molar-refractivity contribution in [1.82, 2.24) is 4.98 Å². The zero-order valence-electron chi connectivity index (χ0n) is 9.95. The summed E-state index contributed by atoms with van der Waals surface area (Å²) >= 11 is 3.18. The lowest BCUT2D eigenvalue weighted by Gasteiger charge is -2.09. The Labute approximate surface area is 121 Å². The van der Waals surface area contributed by atoms with Crippen molar-refractivity contribution < 1.29 is 13.6 Å². The molecule has 0 spiro atoms. The third-order valence-electron chi connectivity index (χ3n) is 2.41. The Hall–Kier alpha value is -2.06. The SMILES string of the molecule is NNc1ncc(Br)cc1C(=O)Nc1ccc(F)c(F)c1. The molecule has 0 fully saturated rings. The number of nitrogens with zero attached hydrogens (tertiary/aromatic N) is 1. The first kappa shape index (κ1) is 14.4. The number of carbonyl (C=O) groups excluding carboxylic acids is 1. The van der Waals surface area contributed by atoms with Gasteiger partial charge in [0.25, 0.3) is 5.91 Å². The summed E-state index contributed by atoms with van der Waals surface area (Å²) < 4.78 is 26.4. The molecule has 0 saturated carbocycles. The van der Waals surface area contributed by atoms with E-state index in [9.17, 15) is 13.6 Å². The van der Waals surface area contributed by atoms with Gasteiger partial charge < -0.3 is 10.7 Å². The van der Waals surface area contributed by atoms with Gasteiger partial charge in [0, 0.05) is 22.4 Å². The molecule has 1 amide bonds. The molecule has 0 saturated heterocycles. The van der Waals surface area contributed by atoms with Crippen LogP contribution in [0.25, 0.3) is 0 Å². The Morgan fingerprint density at radius 3 is 2.65 bits per heavy atom. The van der Waals surface area contributed by atoms with Gasteiger partial charge in [0.15, 0.2) is 17.5 Å². The second kappa shape index (κ2) is 5.93. The molecule has 1 aromatic carbocycles. The summed E-state index contributed by atoms with van der Waals surface area (Å²) in [6.07, 6.45) is 1.46. The fourth-order valence-electron chi connectivity index (χ4n) is 1.50. The van der Waals surface area contributed by atoms with Crippen molar-refractivity contribution >= 4 is 33.3 Å². The molecule has 1 aromatic heterocycles. The third kappa shape index (κ3) is 3.09. The van der Waals surface area contributed by atoms with E-state index in [-0.39, 0.29) is 17.1 Å². The number of pyridine rings is 1. The number of carbonyl (C=O) groups is 1. The molecule has 0 atom stereocenters. The fourth-order valence-corrected chi connectivity index (χ4v) is 1.83. The quantitative estimate of drug-likeness (QED) is 0.591. The van der Waals surface area contributed by atoms with Gasteiger partial charge in [0.2, 0.25) is 0 Å². The predicted molar refractivity (Wildman–Crippen MR) is 74.1 cm³/mol. The highest BCUT2D eigenvalue weighted by Crippen LogP contribution is 2.20. The average Bonchev–Trinajstić information content (AvgIpc) is 2.43. The van der Waals surface area contributed by atoms with Gasteiger partial charge in [-0.2, -0.15) is 0 Å². The summed E-state index contributed by atoms with van der Waals surface area (Å²) in [5.74, 6) is 2.82. The van der Waals surface area contributed by atoms with Crippen LogP contribution >= 0.6 is 15.9 Å². The van der Waals surface area contributed by atoms with Gasteiger partial charge in [-0.3, -0.25) is 4.79 Å². The van der Waals surface area contributed by atoms with E-state index in [2.05, 4.69) is 31.7 Å². The van der Waals surface area contributed by atoms with Gasteiger partial charge in [-0.05, 0) is 34.1 Å². The van der Waals surface area contributed by atoms with E-state index < -0.39 is 17.5 Å². The molecule has 20 heavy (non-hydrogen) atoms. The van der Waals surface area contributed by atoms with Gasteiger partial charge >= 0.3 is 0 Å². The minimum Gasteiger partial charge on any atom is -0.322 e. The highest BCUT2D eigenvalue weighted by molar-refractivity contribution is 9.10. The van der Waals surface area contributed by atoms with E-state index in [1.165, 1.54) is 18.3 Å². The molecule has 8 heteroatoms. The standard InChI is InChI=1S/C12H9BrF2N4O/c13-6-3-8(11(19-16)17-5-6)12(20)18-7-1-2-9(14)10(15)4-7/h1-5H,16H2,(H,17,19)(H,18,20). The molecule has 2 rings (SSSR count). The van der Waals surface area contributed by atoms with E-state index in [0.29, 0.717) is 4.47 Å². The van der Waals surface area contributed by atoms with Crippen LogP contribution in [-0.4, -0.2) is 10.9 Å². The van der Waals surface area contributed by atoms with Crippen molar-refractivity contribution in [1.29, 1.82) is 0 Å². The number of nitrogens with one attached hydrogen (secondary N) is 2. The van der Waals surface area contributed by atoms with Crippen LogP contribution in [0.4, 0.5) is 20.3 Å². The molecule has 0 aliphatic rings. The van der Waals surface area contributed by atoms with Crippen molar-refractivity contribution in [2.45, 2.75) is 0 Å². The molecular weight excluding hydrogens is 334 g/mol. The molecule has 0 aliphatic heterocycles. The van der Waals surface area contributed by atoms with Crippen molar-refractivity contribution in [3.05, 3.63) is 52.1 Å². The number of nitrogens with two attached hydrogens (primary N) is 1. The van der Waals surface area contributed by atoms with Gasteiger partial charge in [0.05, 0.1) is 5.56 Å². The number of hydrazine groups is 1. The average molecular weight is 343 g/mol. The summed E-state index contributed by atoms with van der Waals surface area (Å²) in [5, 5.41) is 2.43. The van der Waals surface area contributed by atoms with Gasteiger partial charge in [-0.1, -0.05) is 0 Å². The van der Waals surface area contributed by atoms with Crippen molar-refractivity contribution in [3.63, 3.8) is 0 Å². The summed E-state index contributed by atoms with van der Waals surface area (Å²) in [5.41, 5.74) is 2.56. The highest BCUT2D eigenvalue weighted by Gasteiger charge is 2.14. The minimum atomic E-state index is -1.05. The lowest BCUT2D eigenvalue weighted by Crippen LogP contribution is -2.18. The van der Waals surface area contributed by atoms with Gasteiger partial charge in [-0.25, -0.2) is 19.6 Å². The Balaban J connectivity index is 2.27. The largest absolute Gasteiger partial charge is 0.322 e. The van der Waals surface area contributed by atoms with Crippen molar-refractivity contribution in [2.75, 3.05) is 10.7 Å². The first-order chi connectivity index (χ1) is 9.51. The Morgan fingerprint density at radius 1 is 1.25 bits per heavy atom. The number of benzene rings is 1. The molecule has 5 nitrogen and oxygen atoms in total. The van der Waals surface area contributed by atoms with E-state index in [1.807, 2.05) is 0 Å². The lowest BCUT2D eigenvalue weighted by atomic mass is 10.2. The Morgan fingerprint density at radius 2 is 2.00 bits per heavy atom. The van der Waals surface area contributed by atoms with Crippen LogP contribution in [0.5, 0.6) is 0 Å². The van der Waals surface area contributed by atoms with Crippen LogP contribution in [0.2, 0.25) is 0 Å². The number of nitrogen functional groups attached to an aromatic ring is 1. The van der Waals surface area contributed by atoms with Crippen LogP contribution in [0.3, 0.4) is 0 Å². The number of rotatable bonds is 3. The second-order valence-electron chi connectivity index (χ2n) is 3.78. The summed E-state index contributed by atoms with van der Waals surface area (Å²) in [6.45, 7) is 0. The number of hydrogen-bond acceptors (Lipinski definition) is 4. The number of hydrogen-bond donors (Lipinski definition) is 3. The first-order valence-corrected chi connectivity index (χ1v) is 6.19.